The van der Waals surface area contributed by atoms with E-state index in [1.165, 1.54) is 76.4 Å². The minimum atomic E-state index is 1.09. The Bertz CT molecular complexity index is 3230. The quantitative estimate of drug-likeness (QED) is 0.156. The van der Waals surface area contributed by atoms with Crippen LogP contribution in [0.1, 0.15) is 0 Å². The smallest absolute Gasteiger partial charge is 0.0782 e. The summed E-state index contributed by atoms with van der Waals surface area (Å²) < 4.78 is 2.42. The van der Waals surface area contributed by atoms with Crippen LogP contribution < -0.4 is 4.90 Å². The maximum atomic E-state index is 2.42. The molecule has 262 valence electrons. The third-order valence-corrected chi connectivity index (χ3v) is 11.3. The summed E-state index contributed by atoms with van der Waals surface area (Å²) in [5, 5.41) is 10.1. The zero-order valence-electron chi connectivity index (χ0n) is 30.7. The Morgan fingerprint density at radius 2 is 0.875 bits per heavy atom. The third kappa shape index (κ3) is 5.26. The van der Waals surface area contributed by atoms with Crippen molar-refractivity contribution in [1.29, 1.82) is 0 Å². The minimum absolute atomic E-state index is 1.09. The molecule has 10 aromatic carbocycles. The molecule has 0 aliphatic carbocycles. The summed E-state index contributed by atoms with van der Waals surface area (Å²) in [6.07, 6.45) is 0. The summed E-state index contributed by atoms with van der Waals surface area (Å²) in [7, 11) is 0. The summed E-state index contributed by atoms with van der Waals surface area (Å²) in [5.74, 6) is 0. The molecule has 0 radical (unpaired) electrons. The summed E-state index contributed by atoms with van der Waals surface area (Å²) in [5.41, 5.74) is 11.6. The Morgan fingerprint density at radius 3 is 1.70 bits per heavy atom. The number of rotatable bonds is 6. The molecular formula is C54H36N2. The number of anilines is 3. The molecule has 0 atom stereocenters. The second-order valence-electron chi connectivity index (χ2n) is 14.5. The fourth-order valence-corrected chi connectivity index (χ4v) is 8.72. The molecule has 0 aliphatic rings. The molecule has 11 aromatic rings. The first kappa shape index (κ1) is 32.0. The molecule has 11 rings (SSSR count). The SMILES string of the molecule is c1ccc(-c2cccc(N(c3ccc(-c4ccc5c(ccc6c7ccccc7ccc56)c4)cc3)c3cccc4c5ccccc5n(-c5ccccc5)c34)c2)cc1. The molecule has 0 spiro atoms. The average molecular weight is 713 g/mol. The second-order valence-corrected chi connectivity index (χ2v) is 14.5. The van der Waals surface area contributed by atoms with Crippen molar-refractivity contribution in [2.24, 2.45) is 0 Å². The van der Waals surface area contributed by atoms with Crippen LogP contribution in [0.5, 0.6) is 0 Å². The van der Waals surface area contributed by atoms with Gasteiger partial charge in [0.1, 0.15) is 0 Å². The lowest BCUT2D eigenvalue weighted by Crippen LogP contribution is -2.11. The van der Waals surface area contributed by atoms with Crippen LogP contribution in [0.4, 0.5) is 17.1 Å². The van der Waals surface area contributed by atoms with Crippen LogP contribution in [0.25, 0.3) is 82.1 Å². The lowest BCUT2D eigenvalue weighted by atomic mass is 9.95. The fraction of sp³-hybridized carbons (Fsp3) is 0. The number of hydrogen-bond donors (Lipinski definition) is 0. The van der Waals surface area contributed by atoms with Gasteiger partial charge < -0.3 is 9.47 Å². The van der Waals surface area contributed by atoms with Gasteiger partial charge in [-0.2, -0.15) is 0 Å². The van der Waals surface area contributed by atoms with Crippen LogP contribution in [0, 0.1) is 0 Å². The number of aromatic nitrogens is 1. The highest BCUT2D eigenvalue weighted by atomic mass is 15.2. The predicted octanol–water partition coefficient (Wildman–Crippen LogP) is 15.0. The summed E-state index contributed by atoms with van der Waals surface area (Å²) in [6, 6.07) is 79.5. The zero-order valence-corrected chi connectivity index (χ0v) is 30.7. The highest BCUT2D eigenvalue weighted by Gasteiger charge is 2.22. The van der Waals surface area contributed by atoms with Crippen LogP contribution in [0.15, 0.2) is 218 Å². The summed E-state index contributed by atoms with van der Waals surface area (Å²) >= 11 is 0. The number of para-hydroxylation sites is 3. The molecule has 56 heavy (non-hydrogen) atoms. The van der Waals surface area contributed by atoms with Gasteiger partial charge in [0.15, 0.2) is 0 Å². The molecule has 0 saturated heterocycles. The first-order valence-electron chi connectivity index (χ1n) is 19.3. The maximum absolute atomic E-state index is 2.42. The van der Waals surface area contributed by atoms with Crippen LogP contribution in [-0.4, -0.2) is 4.57 Å². The molecule has 2 nitrogen and oxygen atoms in total. The Kier molecular flexibility index (Phi) is 7.53. The van der Waals surface area contributed by atoms with Crippen LogP contribution >= 0.6 is 0 Å². The predicted molar refractivity (Wildman–Crippen MR) is 239 cm³/mol. The minimum Gasteiger partial charge on any atom is -0.308 e. The normalized spacial score (nSPS) is 11.6. The van der Waals surface area contributed by atoms with Crippen LogP contribution in [0.3, 0.4) is 0 Å². The van der Waals surface area contributed by atoms with E-state index >= 15 is 0 Å². The highest BCUT2D eigenvalue weighted by Crippen LogP contribution is 2.44. The molecule has 0 N–H and O–H groups in total. The Balaban J connectivity index is 1.08. The van der Waals surface area contributed by atoms with E-state index in [1.807, 2.05) is 0 Å². The molecule has 1 heterocycles. The average Bonchev–Trinajstić information content (AvgIpc) is 3.62. The van der Waals surface area contributed by atoms with Crippen molar-refractivity contribution in [2.75, 3.05) is 4.90 Å². The lowest BCUT2D eigenvalue weighted by molar-refractivity contribution is 1.17. The molecule has 0 fully saturated rings. The zero-order chi connectivity index (χ0) is 37.0. The molecule has 0 amide bonds. The topological polar surface area (TPSA) is 8.17 Å². The largest absolute Gasteiger partial charge is 0.308 e. The van der Waals surface area contributed by atoms with Gasteiger partial charge in [-0.25, -0.2) is 0 Å². The fourth-order valence-electron chi connectivity index (χ4n) is 8.72. The van der Waals surface area contributed by atoms with Crippen molar-refractivity contribution in [1.82, 2.24) is 4.57 Å². The van der Waals surface area contributed by atoms with Crippen molar-refractivity contribution < 1.29 is 0 Å². The van der Waals surface area contributed by atoms with E-state index in [2.05, 4.69) is 228 Å². The third-order valence-electron chi connectivity index (χ3n) is 11.3. The molecule has 0 unspecified atom stereocenters. The molecule has 2 heteroatoms. The standard InChI is InChI=1S/C54H36N2/c1-3-13-37(14-4-1)40-16-11-19-45(36-40)55(53-24-12-22-51-50-21-9-10-23-52(50)56(54(51)53)43-17-5-2-6-18-43)44-30-25-38(26-31-44)41-28-32-47-42(35-41)29-34-48-46-20-8-7-15-39(46)27-33-49(47)48/h1-36H. The van der Waals surface area contributed by atoms with Gasteiger partial charge in [0.2, 0.25) is 0 Å². The van der Waals surface area contributed by atoms with Gasteiger partial charge in [-0.1, -0.05) is 164 Å². The number of benzene rings is 10. The summed E-state index contributed by atoms with van der Waals surface area (Å²) in [6.45, 7) is 0. The van der Waals surface area contributed by atoms with Crippen LogP contribution in [-0.2, 0) is 0 Å². The van der Waals surface area contributed by atoms with Crippen molar-refractivity contribution >= 4 is 71.2 Å². The van der Waals surface area contributed by atoms with E-state index in [4.69, 9.17) is 0 Å². The van der Waals surface area contributed by atoms with E-state index in [9.17, 15) is 0 Å². The number of hydrogen-bond acceptors (Lipinski definition) is 1. The highest BCUT2D eigenvalue weighted by molar-refractivity contribution is 6.18. The van der Waals surface area contributed by atoms with Crippen molar-refractivity contribution in [3.63, 3.8) is 0 Å². The Labute approximate surface area is 325 Å². The van der Waals surface area contributed by atoms with Gasteiger partial charge in [0.05, 0.1) is 16.7 Å². The van der Waals surface area contributed by atoms with Gasteiger partial charge >= 0.3 is 0 Å². The number of nitrogens with zero attached hydrogens (tertiary/aromatic N) is 2. The second kappa shape index (κ2) is 13.2. The van der Waals surface area contributed by atoms with Gasteiger partial charge in [0.25, 0.3) is 0 Å². The molecule has 0 bridgehead atoms. The van der Waals surface area contributed by atoms with E-state index < -0.39 is 0 Å². The van der Waals surface area contributed by atoms with E-state index in [0.29, 0.717) is 0 Å². The van der Waals surface area contributed by atoms with E-state index in [1.54, 1.807) is 0 Å². The molecule has 0 saturated carbocycles. The summed E-state index contributed by atoms with van der Waals surface area (Å²) in [4.78, 5) is 2.42. The van der Waals surface area contributed by atoms with Crippen molar-refractivity contribution in [3.8, 4) is 27.9 Å². The van der Waals surface area contributed by atoms with Gasteiger partial charge in [-0.15, -0.1) is 0 Å². The monoisotopic (exact) mass is 712 g/mol. The molecule has 0 aliphatic heterocycles. The first-order chi connectivity index (χ1) is 27.8. The van der Waals surface area contributed by atoms with Crippen molar-refractivity contribution in [2.45, 2.75) is 0 Å². The van der Waals surface area contributed by atoms with Gasteiger partial charge in [-0.3, -0.25) is 0 Å². The van der Waals surface area contributed by atoms with Gasteiger partial charge in [0, 0.05) is 27.8 Å². The Morgan fingerprint density at radius 1 is 0.304 bits per heavy atom. The van der Waals surface area contributed by atoms with E-state index in [0.717, 1.165) is 22.7 Å². The van der Waals surface area contributed by atoms with Gasteiger partial charge in [-0.05, 0) is 109 Å². The first-order valence-corrected chi connectivity index (χ1v) is 19.3. The maximum Gasteiger partial charge on any atom is 0.0782 e. The molecular weight excluding hydrogens is 677 g/mol. The Hall–Kier alpha value is -7.42. The van der Waals surface area contributed by atoms with Crippen LogP contribution in [0.2, 0.25) is 0 Å². The lowest BCUT2D eigenvalue weighted by Gasteiger charge is -2.28. The number of fused-ring (bicyclic) bond motifs is 8. The van der Waals surface area contributed by atoms with E-state index in [-0.39, 0.29) is 0 Å². The molecule has 1 aromatic heterocycles. The van der Waals surface area contributed by atoms with Crippen molar-refractivity contribution in [3.05, 3.63) is 218 Å².